The SMILES string of the molecule is CCCCCCCCCCCCN(C[P+]([O-])([O-])[O-])C[P+]([O-])([O-])[O-]. The van der Waals surface area contributed by atoms with Crippen molar-refractivity contribution >= 4 is 15.9 Å². The number of hydrogen-bond donors (Lipinski definition) is 0. The highest BCUT2D eigenvalue weighted by molar-refractivity contribution is 7.55. The van der Waals surface area contributed by atoms with E-state index in [1.807, 2.05) is 0 Å². The molecule has 140 valence electrons. The standard InChI is InChI=1S/C14H33NO6P2/c1-2-3-4-5-6-7-8-9-10-11-12-15(13-22(16,17)18)14-23(19,20)21/h2-14H2,1H3,(H2,16,17,18)(H2,19,20,21)/p-4. The van der Waals surface area contributed by atoms with Crippen LogP contribution >= 0.6 is 15.9 Å². The smallest absolute Gasteiger partial charge is 0.0970 e. The summed E-state index contributed by atoms with van der Waals surface area (Å²) in [6.07, 6.45) is 9.11. The fraction of sp³-hybridized carbons (Fsp3) is 1.00. The van der Waals surface area contributed by atoms with Gasteiger partial charge in [0, 0.05) is 6.54 Å². The third-order valence-corrected chi connectivity index (χ3v) is 5.07. The van der Waals surface area contributed by atoms with Gasteiger partial charge in [0.15, 0.2) is 0 Å². The molecule has 0 aromatic carbocycles. The van der Waals surface area contributed by atoms with Crippen molar-refractivity contribution in [1.29, 1.82) is 0 Å². The van der Waals surface area contributed by atoms with E-state index in [1.54, 1.807) is 0 Å². The molecular weight excluding hydrogens is 340 g/mol. The molecule has 0 bridgehead atoms. The van der Waals surface area contributed by atoms with E-state index in [1.165, 1.54) is 38.5 Å². The van der Waals surface area contributed by atoms with E-state index in [0.717, 1.165) is 24.2 Å². The maximum absolute atomic E-state index is 10.7. The van der Waals surface area contributed by atoms with Crippen LogP contribution < -0.4 is 29.4 Å². The summed E-state index contributed by atoms with van der Waals surface area (Å²) in [6, 6.07) is 0. The van der Waals surface area contributed by atoms with Crippen molar-refractivity contribution in [2.45, 2.75) is 71.1 Å². The molecule has 0 amide bonds. The fourth-order valence-corrected chi connectivity index (χ4v) is 4.12. The summed E-state index contributed by atoms with van der Waals surface area (Å²) in [5.41, 5.74) is 0. The lowest BCUT2D eigenvalue weighted by Crippen LogP contribution is -2.47. The Hall–Kier alpha value is 0.580. The monoisotopic (exact) mass is 369 g/mol. The van der Waals surface area contributed by atoms with Gasteiger partial charge in [-0.3, -0.25) is 0 Å². The van der Waals surface area contributed by atoms with Gasteiger partial charge in [0.2, 0.25) is 0 Å². The van der Waals surface area contributed by atoms with Gasteiger partial charge in [0.05, 0.1) is 12.6 Å². The van der Waals surface area contributed by atoms with Crippen LogP contribution in [-0.4, -0.2) is 24.0 Å². The Balaban J connectivity index is 3.74. The predicted molar refractivity (Wildman–Crippen MR) is 82.1 cm³/mol. The fourth-order valence-electron chi connectivity index (χ4n) is 2.50. The van der Waals surface area contributed by atoms with Gasteiger partial charge < -0.3 is 29.4 Å². The van der Waals surface area contributed by atoms with E-state index >= 15 is 0 Å². The first-order chi connectivity index (χ1) is 10.6. The van der Waals surface area contributed by atoms with Gasteiger partial charge in [-0.2, -0.15) is 0 Å². The normalized spacial score (nSPS) is 13.0. The number of rotatable bonds is 15. The molecule has 0 saturated heterocycles. The lowest BCUT2D eigenvalue weighted by Gasteiger charge is -2.49. The number of hydrogen-bond acceptors (Lipinski definition) is 7. The van der Waals surface area contributed by atoms with Gasteiger partial charge in [0.25, 0.3) is 0 Å². The molecule has 0 fully saturated rings. The van der Waals surface area contributed by atoms with Crippen LogP contribution in [-0.2, 0) is 0 Å². The Kier molecular flexibility index (Phi) is 13.2. The van der Waals surface area contributed by atoms with Crippen LogP contribution in [0.5, 0.6) is 0 Å². The minimum Gasteiger partial charge on any atom is -0.687 e. The largest absolute Gasteiger partial charge is 0.687 e. The summed E-state index contributed by atoms with van der Waals surface area (Å²) in [5.74, 6) is 0. The number of nitrogens with zero attached hydrogens (tertiary/aromatic N) is 1. The van der Waals surface area contributed by atoms with Crippen LogP contribution in [0.4, 0.5) is 0 Å². The molecule has 0 aliphatic heterocycles. The lowest BCUT2D eigenvalue weighted by atomic mass is 10.1. The molecule has 0 saturated carbocycles. The summed E-state index contributed by atoms with van der Waals surface area (Å²) in [5, 5.41) is 0. The van der Waals surface area contributed by atoms with Crippen molar-refractivity contribution in [2.24, 2.45) is 0 Å². The maximum Gasteiger partial charge on any atom is 0.0970 e. The zero-order valence-electron chi connectivity index (χ0n) is 14.0. The molecule has 0 aliphatic carbocycles. The van der Waals surface area contributed by atoms with Crippen molar-refractivity contribution < 1.29 is 29.4 Å². The summed E-state index contributed by atoms with van der Waals surface area (Å²) in [6.45, 7) is 2.32. The highest BCUT2D eigenvalue weighted by Crippen LogP contribution is 2.35. The molecule has 0 unspecified atom stereocenters. The molecule has 0 aromatic heterocycles. The first kappa shape index (κ1) is 23.6. The summed E-state index contributed by atoms with van der Waals surface area (Å²) in [7, 11) is -9.72. The van der Waals surface area contributed by atoms with Crippen LogP contribution in [0.2, 0.25) is 0 Å². The molecule has 0 radical (unpaired) electrons. The van der Waals surface area contributed by atoms with E-state index < -0.39 is 28.5 Å². The molecule has 0 aromatic rings. The van der Waals surface area contributed by atoms with E-state index in [2.05, 4.69) is 6.92 Å². The van der Waals surface area contributed by atoms with Crippen LogP contribution in [0.15, 0.2) is 0 Å². The average Bonchev–Trinajstić information content (AvgIpc) is 2.37. The number of unbranched alkanes of at least 4 members (excludes halogenated alkanes) is 9. The van der Waals surface area contributed by atoms with Crippen LogP contribution in [0.3, 0.4) is 0 Å². The minimum absolute atomic E-state index is 0.138. The summed E-state index contributed by atoms with van der Waals surface area (Å²) < 4.78 is 0. The van der Waals surface area contributed by atoms with Crippen molar-refractivity contribution in [3.05, 3.63) is 0 Å². The van der Waals surface area contributed by atoms with E-state index in [4.69, 9.17) is 0 Å². The quantitative estimate of drug-likeness (QED) is 0.261. The molecule has 0 atom stereocenters. The first-order valence-electron chi connectivity index (χ1n) is 8.38. The molecule has 0 rings (SSSR count). The Morgan fingerprint density at radius 1 is 0.565 bits per heavy atom. The van der Waals surface area contributed by atoms with Gasteiger partial charge in [-0.15, -0.1) is 15.9 Å². The van der Waals surface area contributed by atoms with Gasteiger partial charge in [-0.1, -0.05) is 64.7 Å². The van der Waals surface area contributed by atoms with Crippen LogP contribution in [0.25, 0.3) is 0 Å². The highest BCUT2D eigenvalue weighted by Gasteiger charge is 2.13. The van der Waals surface area contributed by atoms with E-state index in [9.17, 15) is 29.4 Å². The zero-order valence-corrected chi connectivity index (χ0v) is 15.8. The Morgan fingerprint density at radius 3 is 1.26 bits per heavy atom. The minimum atomic E-state index is -4.86. The molecular formula is C14H29NO6P2-4. The Morgan fingerprint density at radius 2 is 0.913 bits per heavy atom. The lowest BCUT2D eigenvalue weighted by molar-refractivity contribution is -0.431. The first-order valence-corrected chi connectivity index (χ1v) is 11.8. The highest BCUT2D eigenvalue weighted by atomic mass is 31.2. The molecule has 7 nitrogen and oxygen atoms in total. The predicted octanol–water partition coefficient (Wildman–Crippen LogP) is -1.19. The molecule has 0 spiro atoms. The maximum atomic E-state index is 10.7. The Labute approximate surface area is 141 Å². The molecule has 9 heteroatoms. The molecule has 0 heterocycles. The van der Waals surface area contributed by atoms with Crippen molar-refractivity contribution in [3.63, 3.8) is 0 Å². The van der Waals surface area contributed by atoms with Crippen LogP contribution in [0.1, 0.15) is 71.1 Å². The molecule has 23 heavy (non-hydrogen) atoms. The summed E-state index contributed by atoms with van der Waals surface area (Å²) >= 11 is 0. The molecule has 0 aliphatic rings. The zero-order chi connectivity index (χ0) is 17.8. The van der Waals surface area contributed by atoms with Gasteiger partial charge in [-0.25, -0.2) is 4.90 Å². The third kappa shape index (κ3) is 18.8. The second kappa shape index (κ2) is 12.9. The van der Waals surface area contributed by atoms with Gasteiger partial charge in [0.1, 0.15) is 0 Å². The second-order valence-electron chi connectivity index (χ2n) is 6.08. The van der Waals surface area contributed by atoms with Crippen LogP contribution in [0, 0.1) is 0 Å². The topological polar surface area (TPSA) is 142 Å². The van der Waals surface area contributed by atoms with E-state index in [0.29, 0.717) is 6.42 Å². The third-order valence-electron chi connectivity index (χ3n) is 3.57. The van der Waals surface area contributed by atoms with Crippen molar-refractivity contribution in [3.8, 4) is 0 Å². The van der Waals surface area contributed by atoms with Crippen molar-refractivity contribution in [1.82, 2.24) is 4.90 Å². The Bertz CT molecular complexity index is 267. The average molecular weight is 369 g/mol. The van der Waals surface area contributed by atoms with Crippen molar-refractivity contribution in [2.75, 3.05) is 19.1 Å². The molecule has 0 N–H and O–H groups in total. The summed E-state index contributed by atoms with van der Waals surface area (Å²) in [4.78, 5) is 65.4. The second-order valence-corrected chi connectivity index (χ2v) is 9.09. The van der Waals surface area contributed by atoms with Gasteiger partial charge >= 0.3 is 0 Å². The van der Waals surface area contributed by atoms with E-state index in [-0.39, 0.29) is 6.54 Å². The van der Waals surface area contributed by atoms with Gasteiger partial charge in [-0.05, 0) is 6.42 Å².